The Hall–Kier alpha value is -3.26. The number of hydrogen-bond acceptors (Lipinski definition) is 6. The number of nitrogens with zero attached hydrogens (tertiary/aromatic N) is 4. The first-order chi connectivity index (χ1) is 14.5. The molecule has 0 fully saturated rings. The molecule has 0 aliphatic rings. The van der Waals surface area contributed by atoms with Crippen LogP contribution >= 0.6 is 11.8 Å². The van der Waals surface area contributed by atoms with Crippen LogP contribution in [0.4, 0.5) is 5.69 Å². The zero-order valence-corrected chi connectivity index (χ0v) is 17.7. The average Bonchev–Trinajstić information content (AvgIpc) is 3.07. The highest BCUT2D eigenvalue weighted by Crippen LogP contribution is 2.28. The van der Waals surface area contributed by atoms with Crippen LogP contribution in [0.3, 0.4) is 0 Å². The van der Waals surface area contributed by atoms with E-state index in [0.717, 1.165) is 28.6 Å². The van der Waals surface area contributed by atoms with Crippen LogP contribution in [-0.4, -0.2) is 36.7 Å². The Morgan fingerprint density at radius 3 is 2.53 bits per heavy atom. The van der Waals surface area contributed by atoms with Gasteiger partial charge in [0.25, 0.3) is 0 Å². The highest BCUT2D eigenvalue weighted by Gasteiger charge is 2.19. The summed E-state index contributed by atoms with van der Waals surface area (Å²) in [6, 6.07) is 14.8. The van der Waals surface area contributed by atoms with E-state index in [1.54, 1.807) is 31.2 Å². The Balaban J connectivity index is 1.53. The first-order valence-corrected chi connectivity index (χ1v) is 10.6. The highest BCUT2D eigenvalue weighted by atomic mass is 32.2. The molecule has 0 saturated heterocycles. The quantitative estimate of drug-likeness (QED) is 0.370. The predicted molar refractivity (Wildman–Crippen MR) is 119 cm³/mol. The van der Waals surface area contributed by atoms with E-state index >= 15 is 0 Å². The number of para-hydroxylation sites is 1. The number of Topliss-reactive ketones (excluding diaryl/α,β-unsaturated/α-hetero) is 1. The fourth-order valence-electron chi connectivity index (χ4n) is 3.30. The number of aromatic nitrogens is 4. The molecule has 2 heterocycles. The van der Waals surface area contributed by atoms with Gasteiger partial charge in [0.2, 0.25) is 11.1 Å². The van der Waals surface area contributed by atoms with Crippen LogP contribution in [0.5, 0.6) is 0 Å². The molecule has 4 rings (SSSR count). The molecule has 8 heteroatoms. The van der Waals surface area contributed by atoms with E-state index in [4.69, 9.17) is 0 Å². The molecule has 0 spiro atoms. The minimum Gasteiger partial charge on any atom is -0.325 e. The second-order valence-corrected chi connectivity index (χ2v) is 8.22. The summed E-state index contributed by atoms with van der Waals surface area (Å²) in [4.78, 5) is 28.6. The number of carbonyl (C=O) groups is 2. The third-order valence-corrected chi connectivity index (χ3v) is 5.83. The summed E-state index contributed by atoms with van der Waals surface area (Å²) < 4.78 is 2.10. The number of ketones is 1. The molecule has 7 nitrogen and oxygen atoms in total. The van der Waals surface area contributed by atoms with Crippen LogP contribution in [0.15, 0.2) is 53.7 Å². The van der Waals surface area contributed by atoms with E-state index in [1.165, 1.54) is 18.7 Å². The Bertz CT molecular complexity index is 1250. The van der Waals surface area contributed by atoms with Crippen LogP contribution in [0.25, 0.3) is 22.1 Å². The Labute approximate surface area is 177 Å². The summed E-state index contributed by atoms with van der Waals surface area (Å²) in [6.07, 6.45) is 0. The van der Waals surface area contributed by atoms with Crippen molar-refractivity contribution in [3.8, 4) is 0 Å². The van der Waals surface area contributed by atoms with Gasteiger partial charge in [0.15, 0.2) is 11.4 Å². The lowest BCUT2D eigenvalue weighted by Crippen LogP contribution is -2.22. The molecule has 2 aromatic carbocycles. The molecular formula is C22H21N5O2S. The zero-order chi connectivity index (χ0) is 21.3. The van der Waals surface area contributed by atoms with Crippen molar-refractivity contribution in [1.29, 1.82) is 0 Å². The van der Waals surface area contributed by atoms with Gasteiger partial charge >= 0.3 is 0 Å². The molecule has 1 unspecified atom stereocenters. The number of aryl methyl sites for hydroxylation is 1. The standard InChI is InChI=1S/C22H21N5O2S/c1-4-27-18-8-6-5-7-17(18)19-20(27)24-22(26-25-19)30-14(3)21(29)23-16-11-9-15(10-12-16)13(2)28/h5-12,14H,4H2,1-3H3,(H,23,29). The maximum absolute atomic E-state index is 12.6. The lowest BCUT2D eigenvalue weighted by atomic mass is 10.1. The van der Waals surface area contributed by atoms with E-state index < -0.39 is 5.25 Å². The second kappa shape index (κ2) is 8.23. The summed E-state index contributed by atoms with van der Waals surface area (Å²) in [7, 11) is 0. The third-order valence-electron chi connectivity index (χ3n) is 4.88. The Morgan fingerprint density at radius 2 is 1.83 bits per heavy atom. The zero-order valence-electron chi connectivity index (χ0n) is 16.9. The van der Waals surface area contributed by atoms with Gasteiger partial charge in [-0.1, -0.05) is 30.0 Å². The number of anilines is 1. The number of carbonyl (C=O) groups excluding carboxylic acids is 2. The van der Waals surface area contributed by atoms with Gasteiger partial charge in [-0.25, -0.2) is 4.98 Å². The highest BCUT2D eigenvalue weighted by molar-refractivity contribution is 8.00. The molecule has 0 aliphatic heterocycles. The molecule has 0 saturated carbocycles. The van der Waals surface area contributed by atoms with Gasteiger partial charge in [-0.2, -0.15) is 0 Å². The topological polar surface area (TPSA) is 89.8 Å². The van der Waals surface area contributed by atoms with Gasteiger partial charge in [0.05, 0.1) is 10.8 Å². The van der Waals surface area contributed by atoms with Crippen molar-refractivity contribution >= 4 is 51.2 Å². The Morgan fingerprint density at radius 1 is 1.10 bits per heavy atom. The summed E-state index contributed by atoms with van der Waals surface area (Å²) in [6.45, 7) is 6.13. The van der Waals surface area contributed by atoms with Gasteiger partial charge in [0, 0.05) is 23.2 Å². The summed E-state index contributed by atoms with van der Waals surface area (Å²) in [5, 5.41) is 12.5. The molecule has 152 valence electrons. The molecule has 1 N–H and O–H groups in total. The maximum Gasteiger partial charge on any atom is 0.237 e. The summed E-state index contributed by atoms with van der Waals surface area (Å²) in [5.41, 5.74) is 3.84. The van der Waals surface area contributed by atoms with Crippen molar-refractivity contribution in [3.63, 3.8) is 0 Å². The monoisotopic (exact) mass is 419 g/mol. The first-order valence-electron chi connectivity index (χ1n) is 9.68. The van der Waals surface area contributed by atoms with Gasteiger partial charge in [-0.05, 0) is 51.1 Å². The number of amides is 1. The minimum atomic E-state index is -0.420. The van der Waals surface area contributed by atoms with Crippen LogP contribution in [0.1, 0.15) is 31.1 Å². The number of nitrogens with one attached hydrogen (secondary N) is 1. The van der Waals surface area contributed by atoms with E-state index in [-0.39, 0.29) is 11.7 Å². The van der Waals surface area contributed by atoms with Crippen LogP contribution < -0.4 is 5.32 Å². The second-order valence-electron chi connectivity index (χ2n) is 6.91. The predicted octanol–water partition coefficient (Wildman–Crippen LogP) is 4.32. The van der Waals surface area contributed by atoms with Crippen molar-refractivity contribution in [2.75, 3.05) is 5.32 Å². The van der Waals surface area contributed by atoms with E-state index in [9.17, 15) is 9.59 Å². The SMILES string of the molecule is CCn1c2ccccc2c2nnc(SC(C)C(=O)Nc3ccc(C(C)=O)cc3)nc21. The normalized spacial score (nSPS) is 12.2. The van der Waals surface area contributed by atoms with Crippen molar-refractivity contribution in [3.05, 3.63) is 54.1 Å². The van der Waals surface area contributed by atoms with E-state index in [0.29, 0.717) is 16.4 Å². The van der Waals surface area contributed by atoms with Crippen molar-refractivity contribution in [2.24, 2.45) is 0 Å². The van der Waals surface area contributed by atoms with E-state index in [1.807, 2.05) is 24.3 Å². The van der Waals surface area contributed by atoms with Crippen LogP contribution in [0, 0.1) is 0 Å². The molecule has 4 aromatic rings. The average molecular weight is 420 g/mol. The number of rotatable bonds is 6. The third kappa shape index (κ3) is 3.78. The number of benzene rings is 2. The van der Waals surface area contributed by atoms with E-state index in [2.05, 4.69) is 32.0 Å². The first kappa shape index (κ1) is 20.0. The molecule has 30 heavy (non-hydrogen) atoms. The molecule has 0 bridgehead atoms. The number of fused-ring (bicyclic) bond motifs is 3. The minimum absolute atomic E-state index is 0.0127. The van der Waals surface area contributed by atoms with Crippen LogP contribution in [0.2, 0.25) is 0 Å². The fourth-order valence-corrected chi connectivity index (χ4v) is 4.01. The molecule has 1 amide bonds. The number of hydrogen-bond donors (Lipinski definition) is 1. The van der Waals surface area contributed by atoms with Gasteiger partial charge in [-0.15, -0.1) is 10.2 Å². The van der Waals surface area contributed by atoms with Gasteiger partial charge in [0.1, 0.15) is 5.52 Å². The fraction of sp³-hybridized carbons (Fsp3) is 0.227. The largest absolute Gasteiger partial charge is 0.325 e. The maximum atomic E-state index is 12.6. The van der Waals surface area contributed by atoms with Crippen molar-refractivity contribution in [2.45, 2.75) is 37.7 Å². The molecule has 1 atom stereocenters. The molecule has 0 radical (unpaired) electrons. The lowest BCUT2D eigenvalue weighted by molar-refractivity contribution is -0.115. The Kier molecular flexibility index (Phi) is 5.50. The molecular weight excluding hydrogens is 398 g/mol. The van der Waals surface area contributed by atoms with Crippen molar-refractivity contribution in [1.82, 2.24) is 19.7 Å². The molecule has 0 aliphatic carbocycles. The summed E-state index contributed by atoms with van der Waals surface area (Å²) in [5.74, 6) is -0.184. The lowest BCUT2D eigenvalue weighted by Gasteiger charge is -2.11. The van der Waals surface area contributed by atoms with Crippen LogP contribution in [-0.2, 0) is 11.3 Å². The van der Waals surface area contributed by atoms with Gasteiger partial charge < -0.3 is 9.88 Å². The summed E-state index contributed by atoms with van der Waals surface area (Å²) >= 11 is 1.26. The van der Waals surface area contributed by atoms with Crippen molar-refractivity contribution < 1.29 is 9.59 Å². The van der Waals surface area contributed by atoms with Gasteiger partial charge in [-0.3, -0.25) is 9.59 Å². The number of thioether (sulfide) groups is 1. The molecule has 2 aromatic heterocycles. The smallest absolute Gasteiger partial charge is 0.237 e.